The molecule has 0 saturated carbocycles. The van der Waals surface area contributed by atoms with Crippen LogP contribution in [0.4, 0.5) is 0 Å². The maximum Gasteiger partial charge on any atom is 0.202 e. The van der Waals surface area contributed by atoms with Crippen LogP contribution in [0.15, 0.2) is 108 Å². The third kappa shape index (κ3) is 3.87. The van der Waals surface area contributed by atoms with Crippen molar-refractivity contribution in [1.82, 2.24) is 0 Å². The Labute approximate surface area is 237 Å². The van der Waals surface area contributed by atoms with Crippen LogP contribution < -0.4 is 9.13 Å². The first-order chi connectivity index (χ1) is 19.1. The van der Waals surface area contributed by atoms with E-state index >= 15 is 0 Å². The molecular weight excluding hydrogens is 488 g/mol. The summed E-state index contributed by atoms with van der Waals surface area (Å²) in [5.41, 5.74) is 10.1. The molecule has 1 unspecified atom stereocenters. The SMILES string of the molecule is Cc1ccccc1C(C)(C)c1cccc(C(C)(c2cc3c(cc2C)oc2ccccc23)c2cccc[n+]2C)[n+]1C. The van der Waals surface area contributed by atoms with Gasteiger partial charge in [0.15, 0.2) is 17.3 Å². The molecule has 0 saturated heterocycles. The average molecular weight is 527 g/mol. The number of para-hydroxylation sites is 1. The Balaban J connectivity index is 1.67. The second-order valence-electron chi connectivity index (χ2n) is 11.9. The molecule has 0 N–H and O–H groups in total. The van der Waals surface area contributed by atoms with Crippen molar-refractivity contribution in [3.8, 4) is 0 Å². The summed E-state index contributed by atoms with van der Waals surface area (Å²) >= 11 is 0. The average Bonchev–Trinajstić information content (AvgIpc) is 3.30. The lowest BCUT2D eigenvalue weighted by molar-refractivity contribution is -0.702. The summed E-state index contributed by atoms with van der Waals surface area (Å²) in [6.07, 6.45) is 2.15. The Morgan fingerprint density at radius 3 is 2.02 bits per heavy atom. The molecule has 0 amide bonds. The van der Waals surface area contributed by atoms with E-state index in [0.29, 0.717) is 0 Å². The highest BCUT2D eigenvalue weighted by molar-refractivity contribution is 6.05. The molecule has 0 bridgehead atoms. The van der Waals surface area contributed by atoms with Crippen molar-refractivity contribution in [3.05, 3.63) is 143 Å². The number of furan rings is 1. The molecule has 40 heavy (non-hydrogen) atoms. The summed E-state index contributed by atoms with van der Waals surface area (Å²) in [6, 6.07) is 35.0. The monoisotopic (exact) mass is 526 g/mol. The molecule has 1 atom stereocenters. The van der Waals surface area contributed by atoms with Crippen molar-refractivity contribution in [2.75, 3.05) is 0 Å². The first-order valence-electron chi connectivity index (χ1n) is 14.1. The Morgan fingerprint density at radius 2 is 1.25 bits per heavy atom. The van der Waals surface area contributed by atoms with Gasteiger partial charge in [0.2, 0.25) is 11.4 Å². The van der Waals surface area contributed by atoms with Gasteiger partial charge in [-0.1, -0.05) is 48.5 Å². The Bertz CT molecular complexity index is 1890. The van der Waals surface area contributed by atoms with Gasteiger partial charge in [-0.05, 0) is 81.1 Å². The fraction of sp³-hybridized carbons (Fsp3) is 0.243. The summed E-state index contributed by atoms with van der Waals surface area (Å²) in [7, 11) is 4.38. The quantitative estimate of drug-likeness (QED) is 0.213. The number of fused-ring (bicyclic) bond motifs is 3. The van der Waals surface area contributed by atoms with Crippen LogP contribution in [-0.2, 0) is 24.9 Å². The summed E-state index contributed by atoms with van der Waals surface area (Å²) in [5.74, 6) is 0. The third-order valence-corrected chi connectivity index (χ3v) is 9.03. The normalized spacial score (nSPS) is 13.6. The Hall–Kier alpha value is -4.24. The molecule has 6 rings (SSSR count). The maximum absolute atomic E-state index is 6.27. The molecule has 3 heterocycles. The number of hydrogen-bond acceptors (Lipinski definition) is 1. The van der Waals surface area contributed by atoms with Crippen LogP contribution >= 0.6 is 0 Å². The zero-order valence-electron chi connectivity index (χ0n) is 24.6. The van der Waals surface area contributed by atoms with E-state index in [9.17, 15) is 0 Å². The van der Waals surface area contributed by atoms with Gasteiger partial charge in [-0.3, -0.25) is 0 Å². The van der Waals surface area contributed by atoms with E-state index in [0.717, 1.165) is 21.9 Å². The Kier molecular flexibility index (Phi) is 6.14. The molecule has 0 radical (unpaired) electrons. The van der Waals surface area contributed by atoms with Gasteiger partial charge >= 0.3 is 0 Å². The van der Waals surface area contributed by atoms with Crippen LogP contribution in [0.3, 0.4) is 0 Å². The van der Waals surface area contributed by atoms with E-state index in [1.54, 1.807) is 0 Å². The smallest absolute Gasteiger partial charge is 0.202 e. The van der Waals surface area contributed by atoms with Crippen molar-refractivity contribution >= 4 is 21.9 Å². The Morgan fingerprint density at radius 1 is 0.575 bits per heavy atom. The van der Waals surface area contributed by atoms with Gasteiger partial charge in [0, 0.05) is 35.0 Å². The minimum absolute atomic E-state index is 0.185. The van der Waals surface area contributed by atoms with Gasteiger partial charge in [0.1, 0.15) is 25.3 Å². The largest absolute Gasteiger partial charge is 0.456 e. The van der Waals surface area contributed by atoms with Gasteiger partial charge in [-0.2, -0.15) is 0 Å². The number of hydrogen-bond donors (Lipinski definition) is 0. The van der Waals surface area contributed by atoms with E-state index in [1.165, 1.54) is 39.3 Å². The van der Waals surface area contributed by atoms with Crippen molar-refractivity contribution in [3.63, 3.8) is 0 Å². The highest BCUT2D eigenvalue weighted by Gasteiger charge is 2.47. The standard InChI is InChI=1S/C37H38N2O/c1-25-15-8-10-17-29(25)36(3,4)33-20-14-21-35(39(33)7)37(5,34-19-12-13-22-38(34)6)30-24-28-27-16-9-11-18-31(27)40-32(28)23-26(30)2/h8-24H,1-7H3/q+2. The van der Waals surface area contributed by atoms with Crippen molar-refractivity contribution in [1.29, 1.82) is 0 Å². The predicted molar refractivity (Wildman–Crippen MR) is 163 cm³/mol. The number of aryl methyl sites for hydroxylation is 3. The van der Waals surface area contributed by atoms with Crippen molar-refractivity contribution < 1.29 is 13.6 Å². The van der Waals surface area contributed by atoms with Crippen LogP contribution in [-0.4, -0.2) is 0 Å². The first-order valence-corrected chi connectivity index (χ1v) is 14.1. The number of rotatable bonds is 5. The molecule has 0 aliphatic carbocycles. The van der Waals surface area contributed by atoms with Crippen molar-refractivity contribution in [2.45, 2.75) is 45.4 Å². The highest BCUT2D eigenvalue weighted by atomic mass is 16.3. The summed E-state index contributed by atoms with van der Waals surface area (Å²) < 4.78 is 11.0. The molecule has 3 aromatic carbocycles. The van der Waals surface area contributed by atoms with E-state index in [2.05, 4.69) is 155 Å². The minimum Gasteiger partial charge on any atom is -0.456 e. The van der Waals surface area contributed by atoms with Gasteiger partial charge in [0.05, 0.1) is 5.41 Å². The van der Waals surface area contributed by atoms with Crippen molar-refractivity contribution in [2.24, 2.45) is 14.1 Å². The summed E-state index contributed by atoms with van der Waals surface area (Å²) in [5, 5.41) is 2.30. The number of nitrogens with zero attached hydrogens (tertiary/aromatic N) is 2. The van der Waals surface area contributed by atoms with E-state index in [4.69, 9.17) is 4.42 Å². The number of benzene rings is 3. The highest BCUT2D eigenvalue weighted by Crippen LogP contribution is 2.42. The van der Waals surface area contributed by atoms with Gasteiger partial charge in [-0.15, -0.1) is 0 Å². The lowest BCUT2D eigenvalue weighted by Crippen LogP contribution is -2.53. The topological polar surface area (TPSA) is 20.9 Å². The summed E-state index contributed by atoms with van der Waals surface area (Å²) in [6.45, 7) is 11.5. The number of pyridine rings is 2. The summed E-state index contributed by atoms with van der Waals surface area (Å²) in [4.78, 5) is 0. The number of aromatic nitrogens is 2. The fourth-order valence-corrected chi connectivity index (χ4v) is 6.99. The molecule has 0 fully saturated rings. The minimum atomic E-state index is -0.445. The molecule has 0 spiro atoms. The molecule has 0 aliphatic heterocycles. The fourth-order valence-electron chi connectivity index (χ4n) is 6.99. The second-order valence-corrected chi connectivity index (χ2v) is 11.9. The van der Waals surface area contributed by atoms with Crippen LogP contribution in [0.25, 0.3) is 21.9 Å². The van der Waals surface area contributed by atoms with Crippen LogP contribution in [0.1, 0.15) is 60.1 Å². The lowest BCUT2D eigenvalue weighted by Gasteiger charge is -2.30. The van der Waals surface area contributed by atoms with Gasteiger partial charge in [-0.25, -0.2) is 9.13 Å². The second kappa shape index (κ2) is 9.45. The molecular formula is C37H38N2O+2. The first kappa shape index (κ1) is 26.0. The van der Waals surface area contributed by atoms with E-state index in [-0.39, 0.29) is 5.41 Å². The molecule has 200 valence electrons. The molecule has 3 heteroatoms. The molecule has 3 aromatic heterocycles. The maximum atomic E-state index is 6.27. The van der Waals surface area contributed by atoms with E-state index < -0.39 is 5.41 Å². The predicted octanol–water partition coefficient (Wildman–Crippen LogP) is 7.53. The lowest BCUT2D eigenvalue weighted by atomic mass is 9.72. The molecule has 0 aliphatic rings. The molecule has 6 aromatic rings. The third-order valence-electron chi connectivity index (χ3n) is 9.03. The van der Waals surface area contributed by atoms with Crippen LogP contribution in [0.2, 0.25) is 0 Å². The van der Waals surface area contributed by atoms with Crippen LogP contribution in [0, 0.1) is 13.8 Å². The molecule has 3 nitrogen and oxygen atoms in total. The van der Waals surface area contributed by atoms with Gasteiger partial charge in [0.25, 0.3) is 0 Å². The zero-order valence-corrected chi connectivity index (χ0v) is 24.6. The van der Waals surface area contributed by atoms with Gasteiger partial charge < -0.3 is 4.42 Å². The van der Waals surface area contributed by atoms with Crippen LogP contribution in [0.5, 0.6) is 0 Å². The van der Waals surface area contributed by atoms with E-state index in [1.807, 2.05) is 6.07 Å². The zero-order chi connectivity index (χ0) is 28.2.